The van der Waals surface area contributed by atoms with E-state index in [1.807, 2.05) is 13.0 Å². The summed E-state index contributed by atoms with van der Waals surface area (Å²) in [5, 5.41) is 4.00. The van der Waals surface area contributed by atoms with E-state index in [1.54, 1.807) is 24.3 Å². The van der Waals surface area contributed by atoms with Crippen LogP contribution in [0.2, 0.25) is 0 Å². The first-order chi connectivity index (χ1) is 16.6. The number of hydrogen-bond donors (Lipinski definition) is 3. The van der Waals surface area contributed by atoms with Crippen LogP contribution in [0.15, 0.2) is 53.4 Å². The fourth-order valence-electron chi connectivity index (χ4n) is 4.81. The summed E-state index contributed by atoms with van der Waals surface area (Å²) >= 11 is 0. The number of sulfonamides is 1. The number of amides is 1. The highest BCUT2D eigenvalue weighted by Gasteiger charge is 2.30. The van der Waals surface area contributed by atoms with E-state index >= 15 is 0 Å². The predicted molar refractivity (Wildman–Crippen MR) is 136 cm³/mol. The van der Waals surface area contributed by atoms with Crippen molar-refractivity contribution >= 4 is 26.8 Å². The molecule has 8 heteroatoms. The molecule has 0 aliphatic heterocycles. The molecular weight excluding hydrogens is 465 g/mol. The zero-order valence-corrected chi connectivity index (χ0v) is 21.3. The Morgan fingerprint density at radius 1 is 1.03 bits per heavy atom. The first kappa shape index (κ1) is 25.4. The highest BCUT2D eigenvalue weighted by atomic mass is 32.2. The minimum Gasteiger partial charge on any atom is -0.358 e. The van der Waals surface area contributed by atoms with E-state index in [0.717, 1.165) is 28.6 Å². The first-order valence-corrected chi connectivity index (χ1v) is 13.8. The molecule has 1 fully saturated rings. The normalized spacial score (nSPS) is 19.7. The molecule has 4 rings (SSSR count). The molecule has 0 saturated heterocycles. The van der Waals surface area contributed by atoms with Crippen LogP contribution in [0.3, 0.4) is 0 Å². The Hall–Kier alpha value is -2.71. The van der Waals surface area contributed by atoms with Crippen molar-refractivity contribution in [1.82, 2.24) is 15.0 Å². The van der Waals surface area contributed by atoms with E-state index in [-0.39, 0.29) is 34.6 Å². The molecule has 35 heavy (non-hydrogen) atoms. The Balaban J connectivity index is 1.33. The van der Waals surface area contributed by atoms with Gasteiger partial charge in [0.25, 0.3) is 0 Å². The number of aromatic amines is 1. The van der Waals surface area contributed by atoms with Gasteiger partial charge in [-0.25, -0.2) is 17.5 Å². The largest absolute Gasteiger partial charge is 0.358 e. The Kier molecular flexibility index (Phi) is 7.62. The fourth-order valence-corrected chi connectivity index (χ4v) is 6.14. The van der Waals surface area contributed by atoms with Gasteiger partial charge in [-0.15, -0.1) is 0 Å². The monoisotopic (exact) mass is 499 g/mol. The van der Waals surface area contributed by atoms with Gasteiger partial charge in [0.2, 0.25) is 15.9 Å². The van der Waals surface area contributed by atoms with Gasteiger partial charge in [-0.2, -0.15) is 0 Å². The number of rotatable bonds is 8. The number of carbonyl (C=O) groups is 1. The Morgan fingerprint density at radius 2 is 1.71 bits per heavy atom. The molecular formula is C27H34FN3O3S. The Morgan fingerprint density at radius 3 is 2.37 bits per heavy atom. The third kappa shape index (κ3) is 6.30. The van der Waals surface area contributed by atoms with E-state index in [4.69, 9.17) is 0 Å². The number of halogens is 1. The summed E-state index contributed by atoms with van der Waals surface area (Å²) in [7, 11) is -3.66. The average Bonchev–Trinajstić information content (AvgIpc) is 3.20. The predicted octanol–water partition coefficient (Wildman–Crippen LogP) is 5.22. The maximum atomic E-state index is 13.1. The molecule has 6 nitrogen and oxygen atoms in total. The second-order valence-corrected chi connectivity index (χ2v) is 11.8. The molecule has 1 atom stereocenters. The van der Waals surface area contributed by atoms with E-state index in [0.29, 0.717) is 31.6 Å². The zero-order chi connectivity index (χ0) is 25.2. The van der Waals surface area contributed by atoms with Gasteiger partial charge in [0.05, 0.1) is 10.9 Å². The maximum Gasteiger partial charge on any atom is 0.240 e. The quantitative estimate of drug-likeness (QED) is 0.397. The lowest BCUT2D eigenvalue weighted by Gasteiger charge is -2.29. The molecule has 0 unspecified atom stereocenters. The summed E-state index contributed by atoms with van der Waals surface area (Å²) in [6, 6.07) is 12.9. The van der Waals surface area contributed by atoms with Crippen molar-refractivity contribution in [3.63, 3.8) is 0 Å². The van der Waals surface area contributed by atoms with Gasteiger partial charge >= 0.3 is 0 Å². The number of fused-ring (bicyclic) bond motifs is 1. The SMILES string of the molecule is CC(C)Cc1cc2ccc(S(=O)(=O)NC3CCC(C(=O)N[C@H](C)c4ccc(F)cc4)CC3)cc2[nH]1. The zero-order valence-electron chi connectivity index (χ0n) is 20.5. The van der Waals surface area contributed by atoms with Gasteiger partial charge in [0, 0.05) is 23.2 Å². The average molecular weight is 500 g/mol. The number of nitrogens with one attached hydrogen (secondary N) is 3. The summed E-state index contributed by atoms with van der Waals surface area (Å²) in [5.74, 6) is -0.00107. The van der Waals surface area contributed by atoms with Crippen molar-refractivity contribution in [3.05, 3.63) is 65.6 Å². The second kappa shape index (κ2) is 10.5. The van der Waals surface area contributed by atoms with Crippen LogP contribution < -0.4 is 10.0 Å². The molecule has 1 aromatic heterocycles. The summed E-state index contributed by atoms with van der Waals surface area (Å²) in [5.41, 5.74) is 2.76. The second-order valence-electron chi connectivity index (χ2n) is 10.1. The van der Waals surface area contributed by atoms with Gasteiger partial charge in [-0.05, 0) is 86.2 Å². The molecule has 1 heterocycles. The lowest BCUT2D eigenvalue weighted by Crippen LogP contribution is -2.41. The van der Waals surface area contributed by atoms with Gasteiger partial charge in [-0.1, -0.05) is 32.0 Å². The molecule has 1 aliphatic carbocycles. The van der Waals surface area contributed by atoms with Crippen molar-refractivity contribution in [3.8, 4) is 0 Å². The standard InChI is InChI=1S/C27H34FN3O3S/c1-17(2)14-24-15-21-8-13-25(16-26(21)30-24)35(33,34)31-23-11-6-20(7-12-23)27(32)29-18(3)19-4-9-22(28)10-5-19/h4-5,8-10,13,15-18,20,23,30-31H,6-7,11-12,14H2,1-3H3,(H,29,32)/t18-,20?,23?/m1/s1. The number of carbonyl (C=O) groups excluding carboxylic acids is 1. The molecule has 1 amide bonds. The van der Waals surface area contributed by atoms with Crippen molar-refractivity contribution in [2.24, 2.45) is 11.8 Å². The van der Waals surface area contributed by atoms with Crippen LogP contribution in [0, 0.1) is 17.7 Å². The number of benzene rings is 2. The fraction of sp³-hybridized carbons (Fsp3) is 0.444. The Labute approximate surface area is 206 Å². The summed E-state index contributed by atoms with van der Waals surface area (Å²) in [6.45, 7) is 6.17. The smallest absolute Gasteiger partial charge is 0.240 e. The molecule has 188 valence electrons. The molecule has 0 spiro atoms. The van der Waals surface area contributed by atoms with Gasteiger partial charge in [-0.3, -0.25) is 4.79 Å². The van der Waals surface area contributed by atoms with Crippen LogP contribution in [-0.2, 0) is 21.2 Å². The van der Waals surface area contributed by atoms with Crippen LogP contribution >= 0.6 is 0 Å². The summed E-state index contributed by atoms with van der Waals surface area (Å²) in [4.78, 5) is 16.3. The first-order valence-electron chi connectivity index (χ1n) is 12.3. The van der Waals surface area contributed by atoms with Crippen LogP contribution in [0.4, 0.5) is 4.39 Å². The Bertz CT molecular complexity index is 1280. The van der Waals surface area contributed by atoms with Crippen LogP contribution in [-0.4, -0.2) is 25.4 Å². The van der Waals surface area contributed by atoms with Gasteiger partial charge in [0.15, 0.2) is 0 Å². The summed E-state index contributed by atoms with van der Waals surface area (Å²) < 4.78 is 42.1. The van der Waals surface area contributed by atoms with Crippen LogP contribution in [0.25, 0.3) is 10.9 Å². The number of H-pyrrole nitrogens is 1. The molecule has 3 aromatic rings. The lowest BCUT2D eigenvalue weighted by atomic mass is 9.85. The van der Waals surface area contributed by atoms with Crippen molar-refractivity contribution in [2.45, 2.75) is 69.9 Å². The molecule has 0 radical (unpaired) electrons. The number of hydrogen-bond acceptors (Lipinski definition) is 3. The van der Waals surface area contributed by atoms with Crippen LogP contribution in [0.1, 0.15) is 63.8 Å². The van der Waals surface area contributed by atoms with E-state index in [2.05, 4.69) is 34.9 Å². The van der Waals surface area contributed by atoms with Crippen molar-refractivity contribution in [2.75, 3.05) is 0 Å². The molecule has 3 N–H and O–H groups in total. The highest BCUT2D eigenvalue weighted by molar-refractivity contribution is 7.89. The molecule has 1 saturated carbocycles. The van der Waals surface area contributed by atoms with Crippen LogP contribution in [0.5, 0.6) is 0 Å². The number of aromatic nitrogens is 1. The van der Waals surface area contributed by atoms with E-state index in [9.17, 15) is 17.6 Å². The third-order valence-electron chi connectivity index (χ3n) is 6.74. The molecule has 2 aromatic carbocycles. The third-order valence-corrected chi connectivity index (χ3v) is 8.25. The van der Waals surface area contributed by atoms with E-state index in [1.165, 1.54) is 12.1 Å². The van der Waals surface area contributed by atoms with E-state index < -0.39 is 10.0 Å². The molecule has 0 bridgehead atoms. The summed E-state index contributed by atoms with van der Waals surface area (Å²) in [6.07, 6.45) is 3.35. The van der Waals surface area contributed by atoms with Crippen molar-refractivity contribution in [1.29, 1.82) is 0 Å². The van der Waals surface area contributed by atoms with Gasteiger partial charge in [0.1, 0.15) is 5.82 Å². The molecule has 1 aliphatic rings. The lowest BCUT2D eigenvalue weighted by molar-refractivity contribution is -0.126. The maximum absolute atomic E-state index is 13.1. The van der Waals surface area contributed by atoms with Gasteiger partial charge < -0.3 is 10.3 Å². The minimum absolute atomic E-state index is 0.0440. The van der Waals surface area contributed by atoms with Crippen molar-refractivity contribution < 1.29 is 17.6 Å². The highest BCUT2D eigenvalue weighted by Crippen LogP contribution is 2.28. The minimum atomic E-state index is -3.66. The topological polar surface area (TPSA) is 91.1 Å².